The number of rotatable bonds is 3. The van der Waals surface area contributed by atoms with Gasteiger partial charge in [0.05, 0.1) is 16.1 Å². The number of halogens is 2. The Hall–Kier alpha value is -1.01. The Morgan fingerprint density at radius 3 is 2.74 bits per heavy atom. The minimum absolute atomic E-state index is 0.134. The highest BCUT2D eigenvalue weighted by atomic mass is 79.9. The number of anilines is 1. The van der Waals surface area contributed by atoms with Crippen molar-refractivity contribution in [3.63, 3.8) is 0 Å². The number of hydrogen-bond acceptors (Lipinski definition) is 2. The largest absolute Gasteiger partial charge is 0.392 e. The molecule has 0 saturated heterocycles. The lowest BCUT2D eigenvalue weighted by atomic mass is 9.62. The van der Waals surface area contributed by atoms with Crippen LogP contribution in [0.2, 0.25) is 0 Å². The predicted molar refractivity (Wildman–Crippen MR) is 80.3 cm³/mol. The van der Waals surface area contributed by atoms with Crippen molar-refractivity contribution in [2.45, 2.75) is 19.8 Å². The number of carbonyl (C=O) groups excluding carboxylic acids is 1. The monoisotopic (exact) mass is 344 g/mol. The maximum absolute atomic E-state index is 13.6. The Balaban J connectivity index is 2.21. The minimum Gasteiger partial charge on any atom is -0.392 e. The van der Waals surface area contributed by atoms with Gasteiger partial charge in [-0.25, -0.2) is 4.39 Å². The van der Waals surface area contributed by atoms with Gasteiger partial charge in [0.15, 0.2) is 0 Å². The molecule has 1 aliphatic rings. The highest BCUT2D eigenvalue weighted by Gasteiger charge is 2.50. The van der Waals surface area contributed by atoms with Gasteiger partial charge < -0.3 is 11.1 Å². The molecule has 1 aromatic rings. The van der Waals surface area contributed by atoms with Crippen molar-refractivity contribution < 1.29 is 9.18 Å². The molecule has 1 aliphatic carbocycles. The zero-order valence-corrected chi connectivity index (χ0v) is 12.8. The molecule has 0 spiro atoms. The van der Waals surface area contributed by atoms with Crippen LogP contribution in [0.5, 0.6) is 0 Å². The molecule has 1 fully saturated rings. The number of nitrogens with one attached hydrogen (secondary N) is 1. The molecule has 0 heterocycles. The van der Waals surface area contributed by atoms with Gasteiger partial charge in [-0.3, -0.25) is 4.79 Å². The average Bonchev–Trinajstić information content (AvgIpc) is 2.28. The van der Waals surface area contributed by atoms with Crippen molar-refractivity contribution in [3.8, 4) is 0 Å². The SMILES string of the molecule is CC1CC(C(=O)Nc2cc(Br)ccc2F)(C(N)=S)C1. The van der Waals surface area contributed by atoms with E-state index in [4.69, 9.17) is 18.0 Å². The van der Waals surface area contributed by atoms with Crippen LogP contribution in [0.25, 0.3) is 0 Å². The van der Waals surface area contributed by atoms with Gasteiger partial charge in [-0.15, -0.1) is 0 Å². The Labute approximate surface area is 124 Å². The van der Waals surface area contributed by atoms with E-state index in [1.54, 1.807) is 6.07 Å². The van der Waals surface area contributed by atoms with Crippen molar-refractivity contribution in [2.75, 3.05) is 5.32 Å². The summed E-state index contributed by atoms with van der Waals surface area (Å²) in [6, 6.07) is 4.37. The number of thiocarbonyl (C=S) groups is 1. The first-order chi connectivity index (χ1) is 8.85. The highest BCUT2D eigenvalue weighted by Crippen LogP contribution is 2.46. The molecule has 0 aromatic heterocycles. The Bertz CT molecular complexity index is 543. The van der Waals surface area contributed by atoms with Crippen LogP contribution in [0.15, 0.2) is 22.7 Å². The van der Waals surface area contributed by atoms with Crippen molar-refractivity contribution in [2.24, 2.45) is 17.1 Å². The summed E-state index contributed by atoms with van der Waals surface area (Å²) >= 11 is 8.24. The van der Waals surface area contributed by atoms with Crippen LogP contribution in [0.3, 0.4) is 0 Å². The minimum atomic E-state index is -0.830. The van der Waals surface area contributed by atoms with E-state index < -0.39 is 11.2 Å². The van der Waals surface area contributed by atoms with Crippen molar-refractivity contribution >= 4 is 44.7 Å². The maximum atomic E-state index is 13.6. The summed E-state index contributed by atoms with van der Waals surface area (Å²) in [5.41, 5.74) is 4.99. The quantitative estimate of drug-likeness (QED) is 0.827. The zero-order valence-electron chi connectivity index (χ0n) is 10.4. The fraction of sp³-hybridized carbons (Fsp3) is 0.385. The smallest absolute Gasteiger partial charge is 0.237 e. The van der Waals surface area contributed by atoms with E-state index in [-0.39, 0.29) is 16.6 Å². The van der Waals surface area contributed by atoms with Crippen LogP contribution >= 0.6 is 28.1 Å². The summed E-state index contributed by atoms with van der Waals surface area (Å²) in [4.78, 5) is 12.5. The molecule has 1 amide bonds. The molecule has 0 aliphatic heterocycles. The predicted octanol–water partition coefficient (Wildman–Crippen LogP) is 3.23. The third-order valence-electron chi connectivity index (χ3n) is 3.48. The summed E-state index contributed by atoms with van der Waals surface area (Å²) in [6.07, 6.45) is 1.23. The van der Waals surface area contributed by atoms with E-state index in [1.807, 2.05) is 6.92 Å². The van der Waals surface area contributed by atoms with Crippen molar-refractivity contribution in [1.82, 2.24) is 0 Å². The number of carbonyl (C=O) groups is 1. The molecule has 6 heteroatoms. The van der Waals surface area contributed by atoms with Gasteiger partial charge in [0.2, 0.25) is 5.91 Å². The lowest BCUT2D eigenvalue weighted by Crippen LogP contribution is -2.53. The van der Waals surface area contributed by atoms with Crippen molar-refractivity contribution in [3.05, 3.63) is 28.5 Å². The van der Waals surface area contributed by atoms with Crippen LogP contribution in [0.4, 0.5) is 10.1 Å². The van der Waals surface area contributed by atoms with Gasteiger partial charge >= 0.3 is 0 Å². The highest BCUT2D eigenvalue weighted by molar-refractivity contribution is 9.10. The van der Waals surface area contributed by atoms with Gasteiger partial charge in [0.1, 0.15) is 5.82 Å². The molecule has 0 unspecified atom stereocenters. The summed E-state index contributed by atoms with van der Waals surface area (Å²) in [5, 5.41) is 2.58. The number of nitrogens with two attached hydrogens (primary N) is 1. The lowest BCUT2D eigenvalue weighted by Gasteiger charge is -2.44. The molecular weight excluding hydrogens is 331 g/mol. The first-order valence-electron chi connectivity index (χ1n) is 5.91. The van der Waals surface area contributed by atoms with E-state index in [1.165, 1.54) is 12.1 Å². The third kappa shape index (κ3) is 2.65. The fourth-order valence-electron chi connectivity index (χ4n) is 2.46. The molecule has 102 valence electrons. The van der Waals surface area contributed by atoms with E-state index in [0.29, 0.717) is 23.2 Å². The average molecular weight is 345 g/mol. The molecule has 1 aromatic carbocycles. The van der Waals surface area contributed by atoms with Crippen molar-refractivity contribution in [1.29, 1.82) is 0 Å². The standard InChI is InChI=1S/C13H14BrFN2OS/c1-7-5-13(6-7,11(16)19)12(18)17-10-4-8(14)2-3-9(10)15/h2-4,7H,5-6H2,1H3,(H2,16,19)(H,17,18). The molecule has 0 bridgehead atoms. The molecule has 3 nitrogen and oxygen atoms in total. The molecule has 3 N–H and O–H groups in total. The zero-order chi connectivity index (χ0) is 14.2. The van der Waals surface area contributed by atoms with Gasteiger partial charge in [0, 0.05) is 4.47 Å². The Morgan fingerprint density at radius 1 is 1.58 bits per heavy atom. The second kappa shape index (κ2) is 5.17. The van der Waals surface area contributed by atoms with E-state index in [0.717, 1.165) is 0 Å². The first-order valence-corrected chi connectivity index (χ1v) is 7.12. The van der Waals surface area contributed by atoms with Gasteiger partial charge in [-0.1, -0.05) is 35.1 Å². The van der Waals surface area contributed by atoms with E-state index in [9.17, 15) is 9.18 Å². The topological polar surface area (TPSA) is 55.1 Å². The van der Waals surface area contributed by atoms with Gasteiger partial charge in [-0.05, 0) is 37.0 Å². The second-order valence-corrected chi connectivity index (χ2v) is 6.39. The van der Waals surface area contributed by atoms with Crippen LogP contribution in [0.1, 0.15) is 19.8 Å². The Morgan fingerprint density at radius 2 is 2.21 bits per heavy atom. The van der Waals surface area contributed by atoms with E-state index in [2.05, 4.69) is 21.2 Å². The molecular formula is C13H14BrFN2OS. The van der Waals surface area contributed by atoms with Crippen LogP contribution in [-0.4, -0.2) is 10.9 Å². The lowest BCUT2D eigenvalue weighted by molar-refractivity contribution is -0.127. The number of benzene rings is 1. The molecule has 0 atom stereocenters. The van der Waals surface area contributed by atoms with E-state index >= 15 is 0 Å². The Kier molecular flexibility index (Phi) is 3.92. The summed E-state index contributed by atoms with van der Waals surface area (Å²) in [5.74, 6) is -0.406. The second-order valence-electron chi connectivity index (χ2n) is 5.04. The molecule has 19 heavy (non-hydrogen) atoms. The van der Waals surface area contributed by atoms with Crippen LogP contribution in [-0.2, 0) is 4.79 Å². The van der Waals surface area contributed by atoms with Crippen LogP contribution < -0.4 is 11.1 Å². The molecule has 1 saturated carbocycles. The van der Waals surface area contributed by atoms with Gasteiger partial charge in [0.25, 0.3) is 0 Å². The van der Waals surface area contributed by atoms with Crippen LogP contribution in [0, 0.1) is 17.2 Å². The third-order valence-corrected chi connectivity index (χ3v) is 4.36. The first kappa shape index (κ1) is 14.4. The normalized spacial score (nSPS) is 25.5. The summed E-state index contributed by atoms with van der Waals surface area (Å²) in [6.45, 7) is 2.03. The fourth-order valence-corrected chi connectivity index (χ4v) is 3.08. The maximum Gasteiger partial charge on any atom is 0.237 e. The molecule has 2 rings (SSSR count). The number of amides is 1. The van der Waals surface area contributed by atoms with Gasteiger partial charge in [-0.2, -0.15) is 0 Å². The molecule has 0 radical (unpaired) electrons. The summed E-state index contributed by atoms with van der Waals surface area (Å²) < 4.78 is 14.3. The number of hydrogen-bond donors (Lipinski definition) is 2. The summed E-state index contributed by atoms with van der Waals surface area (Å²) in [7, 11) is 0.